The third kappa shape index (κ3) is 5.34. The average Bonchev–Trinajstić information content (AvgIpc) is 3.36. The molecule has 0 aliphatic carbocycles. The summed E-state index contributed by atoms with van der Waals surface area (Å²) in [6.45, 7) is 5.38. The summed E-state index contributed by atoms with van der Waals surface area (Å²) in [4.78, 5) is 29.9. The molecule has 4 rings (SSSR count). The Bertz CT molecular complexity index is 1390. The molecule has 0 unspecified atom stereocenters. The van der Waals surface area contributed by atoms with Crippen molar-refractivity contribution >= 4 is 27.7 Å². The van der Waals surface area contributed by atoms with Crippen molar-refractivity contribution in [1.82, 2.24) is 8.87 Å². The Hall–Kier alpha value is -2.82. The molecule has 38 heavy (non-hydrogen) atoms. The molecule has 3 heterocycles. The maximum absolute atomic E-state index is 13.6. The summed E-state index contributed by atoms with van der Waals surface area (Å²) in [6.07, 6.45) is 5.21. The smallest absolute Gasteiger partial charge is 0.256 e. The monoisotopic (exact) mass is 543 g/mol. The summed E-state index contributed by atoms with van der Waals surface area (Å²) in [7, 11) is -2.16. The van der Waals surface area contributed by atoms with E-state index in [2.05, 4.69) is 0 Å². The molecule has 0 bridgehead atoms. The number of hydrogen-bond acceptors (Lipinski definition) is 7. The van der Waals surface area contributed by atoms with Gasteiger partial charge in [0.2, 0.25) is 10.0 Å². The maximum Gasteiger partial charge on any atom is 0.256 e. The predicted octanol–water partition coefficient (Wildman–Crippen LogP) is 3.40. The van der Waals surface area contributed by atoms with Gasteiger partial charge in [0, 0.05) is 49.9 Å². The Morgan fingerprint density at radius 1 is 1.18 bits per heavy atom. The van der Waals surface area contributed by atoms with Crippen LogP contribution in [0.4, 0.5) is 5.69 Å². The fraction of sp³-hybridized carbons (Fsp3) is 0.536. The Balaban J connectivity index is 1.76. The summed E-state index contributed by atoms with van der Waals surface area (Å²) < 4.78 is 36.0. The molecule has 1 N–H and O–H groups in total. The van der Waals surface area contributed by atoms with Crippen LogP contribution in [-0.4, -0.2) is 60.7 Å². The van der Waals surface area contributed by atoms with E-state index in [1.165, 1.54) is 8.87 Å². The van der Waals surface area contributed by atoms with Crippen molar-refractivity contribution in [3.63, 3.8) is 0 Å². The second kappa shape index (κ2) is 11.9. The molecule has 1 saturated heterocycles. The average molecular weight is 544 g/mol. The third-order valence-electron chi connectivity index (χ3n) is 7.48. The predicted molar refractivity (Wildman–Crippen MR) is 146 cm³/mol. The van der Waals surface area contributed by atoms with Crippen LogP contribution in [0.1, 0.15) is 73.1 Å². The van der Waals surface area contributed by atoms with Gasteiger partial charge < -0.3 is 14.4 Å². The van der Waals surface area contributed by atoms with Crippen LogP contribution in [0.25, 0.3) is 0 Å². The molecule has 0 saturated carbocycles. The minimum Gasteiger partial charge on any atom is -0.493 e. The molecule has 2 aliphatic rings. The highest BCUT2D eigenvalue weighted by Crippen LogP contribution is 2.36. The number of carbonyl (C=O) groups excluding carboxylic acids is 1. The molecule has 2 aliphatic heterocycles. The number of nitrogens with zero attached hydrogens (tertiary/aromatic N) is 3. The minimum atomic E-state index is -3.75. The van der Waals surface area contributed by atoms with Crippen molar-refractivity contribution < 1.29 is 23.1 Å². The van der Waals surface area contributed by atoms with Gasteiger partial charge in [-0.15, -0.1) is 0 Å². The van der Waals surface area contributed by atoms with Crippen molar-refractivity contribution in [3.8, 4) is 5.75 Å². The van der Waals surface area contributed by atoms with Gasteiger partial charge in [0.1, 0.15) is 5.75 Å². The van der Waals surface area contributed by atoms with Crippen LogP contribution in [0, 0.1) is 5.92 Å². The summed E-state index contributed by atoms with van der Waals surface area (Å²) in [5.41, 5.74) is 2.92. The lowest BCUT2D eigenvalue weighted by Crippen LogP contribution is -2.38. The zero-order valence-corrected chi connectivity index (χ0v) is 23.2. The number of ether oxygens (including phenoxy) is 1. The van der Waals surface area contributed by atoms with Crippen molar-refractivity contribution in [2.45, 2.75) is 63.7 Å². The topological polar surface area (TPSA) is 118 Å². The van der Waals surface area contributed by atoms with Crippen molar-refractivity contribution in [2.24, 2.45) is 18.0 Å². The Morgan fingerprint density at radius 2 is 1.92 bits per heavy atom. The molecular formula is C28H37N3O6S. The normalized spacial score (nSPS) is 16.4. The Labute approximate surface area is 224 Å². The van der Waals surface area contributed by atoms with E-state index in [4.69, 9.17) is 9.73 Å². The van der Waals surface area contributed by atoms with E-state index in [0.29, 0.717) is 78.7 Å². The summed E-state index contributed by atoms with van der Waals surface area (Å²) in [5.74, 6) is 0.845. The van der Waals surface area contributed by atoms with Gasteiger partial charge >= 0.3 is 0 Å². The lowest BCUT2D eigenvalue weighted by Gasteiger charge is -2.31. The molecule has 1 fully saturated rings. The molecule has 0 spiro atoms. The maximum atomic E-state index is 13.6. The van der Waals surface area contributed by atoms with Crippen molar-refractivity contribution in [2.75, 3.05) is 26.3 Å². The van der Waals surface area contributed by atoms with Gasteiger partial charge in [0.05, 0.1) is 28.6 Å². The number of benzene rings is 1. The Morgan fingerprint density at radius 3 is 2.55 bits per heavy atom. The van der Waals surface area contributed by atoms with Gasteiger partial charge in [0.25, 0.3) is 5.56 Å². The molecule has 10 heteroatoms. The number of hydrogen-bond donors (Lipinski definition) is 1. The first-order chi connectivity index (χ1) is 18.3. The zero-order valence-electron chi connectivity index (χ0n) is 22.4. The fourth-order valence-electron chi connectivity index (χ4n) is 5.36. The summed E-state index contributed by atoms with van der Waals surface area (Å²) >= 11 is 0. The number of carbonyl (C=O) groups is 1. The minimum absolute atomic E-state index is 0.113. The van der Waals surface area contributed by atoms with E-state index in [-0.39, 0.29) is 23.5 Å². The van der Waals surface area contributed by atoms with E-state index in [9.17, 15) is 23.1 Å². The number of piperidine rings is 1. The lowest BCUT2D eigenvalue weighted by molar-refractivity contribution is 0.111. The number of fused-ring (bicyclic) bond motifs is 1. The molecule has 1 aromatic carbocycles. The van der Waals surface area contributed by atoms with E-state index in [0.717, 1.165) is 31.2 Å². The van der Waals surface area contributed by atoms with E-state index in [1.807, 2.05) is 13.8 Å². The summed E-state index contributed by atoms with van der Waals surface area (Å²) in [6, 6.07) is 4.84. The molecule has 206 valence electrons. The number of rotatable bonds is 11. The third-order valence-corrected chi connectivity index (χ3v) is 9.37. The van der Waals surface area contributed by atoms with Crippen LogP contribution in [-0.2, 0) is 29.9 Å². The van der Waals surface area contributed by atoms with Gasteiger partial charge in [-0.25, -0.2) is 8.42 Å². The van der Waals surface area contributed by atoms with Crippen LogP contribution in [0.15, 0.2) is 32.9 Å². The number of aliphatic hydroxyl groups is 1. The van der Waals surface area contributed by atoms with Gasteiger partial charge in [-0.1, -0.05) is 20.3 Å². The lowest BCUT2D eigenvalue weighted by atomic mass is 9.95. The summed E-state index contributed by atoms with van der Waals surface area (Å²) in [5, 5.41) is 9.22. The quantitative estimate of drug-likeness (QED) is 0.434. The zero-order chi connectivity index (χ0) is 27.4. The van der Waals surface area contributed by atoms with Crippen LogP contribution < -0.4 is 10.3 Å². The second-order valence-electron chi connectivity index (χ2n) is 10.0. The molecular weight excluding hydrogens is 506 g/mol. The number of aldehydes is 1. The standard InChI is InChI=1S/C28H37N3O6S/c1-4-6-21-25(18-33)30(3)28(34)23-17-24(29-27(21)23)22-16-20(7-8-26(22)37-15-5-2)38(35,36)31-12-9-19(10-13-31)11-14-32/h7-8,16,18-19,32H,4-6,9-15,17H2,1-3H3. The molecule has 0 radical (unpaired) electrons. The number of sulfonamides is 1. The van der Waals surface area contributed by atoms with Crippen LogP contribution in [0.2, 0.25) is 0 Å². The van der Waals surface area contributed by atoms with E-state index < -0.39 is 10.0 Å². The number of aromatic nitrogens is 1. The first-order valence-corrected chi connectivity index (χ1v) is 14.9. The van der Waals surface area contributed by atoms with Gasteiger partial charge in [-0.2, -0.15) is 4.31 Å². The SMILES string of the molecule is CCCOc1ccc(S(=O)(=O)N2CCC(CCO)CC2)cc1C1=Nc2c(CCC)c(C=O)n(C)c(=O)c2C1. The van der Waals surface area contributed by atoms with Crippen molar-refractivity contribution in [3.05, 3.63) is 50.9 Å². The molecule has 1 aromatic heterocycles. The largest absolute Gasteiger partial charge is 0.493 e. The van der Waals surface area contributed by atoms with Gasteiger partial charge in [0.15, 0.2) is 6.29 Å². The highest BCUT2D eigenvalue weighted by Gasteiger charge is 2.32. The van der Waals surface area contributed by atoms with Crippen LogP contribution in [0.3, 0.4) is 0 Å². The first-order valence-electron chi connectivity index (χ1n) is 13.4. The Kier molecular flexibility index (Phi) is 8.85. The van der Waals surface area contributed by atoms with E-state index in [1.54, 1.807) is 25.2 Å². The molecule has 0 amide bonds. The highest BCUT2D eigenvalue weighted by molar-refractivity contribution is 7.89. The van der Waals surface area contributed by atoms with Gasteiger partial charge in [-0.3, -0.25) is 14.6 Å². The molecule has 0 atom stereocenters. The first kappa shape index (κ1) is 28.2. The fourth-order valence-corrected chi connectivity index (χ4v) is 6.86. The second-order valence-corrected chi connectivity index (χ2v) is 12.0. The number of aliphatic hydroxyl groups excluding tert-OH is 1. The van der Waals surface area contributed by atoms with Crippen molar-refractivity contribution in [1.29, 1.82) is 0 Å². The van der Waals surface area contributed by atoms with E-state index >= 15 is 0 Å². The molecule has 2 aromatic rings. The van der Waals surface area contributed by atoms with Gasteiger partial charge in [-0.05, 0) is 56.2 Å². The number of pyridine rings is 1. The van der Waals surface area contributed by atoms with Crippen LogP contribution in [0.5, 0.6) is 5.75 Å². The highest BCUT2D eigenvalue weighted by atomic mass is 32.2. The number of aliphatic imine (C=N–C) groups is 1. The van der Waals surface area contributed by atoms with Crippen LogP contribution >= 0.6 is 0 Å². The molecule has 9 nitrogen and oxygen atoms in total.